The van der Waals surface area contributed by atoms with Gasteiger partial charge in [0, 0.05) is 11.1 Å². The first-order valence-corrected chi connectivity index (χ1v) is 13.5. The summed E-state index contributed by atoms with van der Waals surface area (Å²) in [5.74, 6) is 0.261. The fourth-order valence-electron chi connectivity index (χ4n) is 5.80. The van der Waals surface area contributed by atoms with Crippen LogP contribution in [0.4, 0.5) is 0 Å². The molecule has 38 heavy (non-hydrogen) atoms. The fraction of sp³-hybridized carbons (Fsp3) is 0.235. The normalized spacial score (nSPS) is 14.2. The van der Waals surface area contributed by atoms with E-state index in [0.29, 0.717) is 22.6 Å². The summed E-state index contributed by atoms with van der Waals surface area (Å²) in [5.41, 5.74) is 7.77. The van der Waals surface area contributed by atoms with Crippen molar-refractivity contribution in [2.45, 2.75) is 51.4 Å². The molecule has 190 valence electrons. The molecule has 0 aromatic heterocycles. The molecular weight excluding hydrogens is 472 g/mol. The molecule has 4 aromatic rings. The van der Waals surface area contributed by atoms with Crippen molar-refractivity contribution in [3.63, 3.8) is 0 Å². The highest BCUT2D eigenvalue weighted by atomic mass is 16.5. The Labute approximate surface area is 223 Å². The van der Waals surface area contributed by atoms with E-state index in [1.54, 1.807) is 24.3 Å². The van der Waals surface area contributed by atoms with Crippen molar-refractivity contribution in [2.75, 3.05) is 0 Å². The van der Waals surface area contributed by atoms with Crippen molar-refractivity contribution in [3.05, 3.63) is 118 Å². The molecule has 4 heteroatoms. The summed E-state index contributed by atoms with van der Waals surface area (Å²) < 4.78 is 12.2. The Hall–Kier alpha value is -4.18. The van der Waals surface area contributed by atoms with Crippen LogP contribution >= 0.6 is 0 Å². The summed E-state index contributed by atoms with van der Waals surface area (Å²) in [6.45, 7) is 0. The first-order chi connectivity index (χ1) is 18.7. The van der Waals surface area contributed by atoms with Gasteiger partial charge in [0.15, 0.2) is 0 Å². The average Bonchev–Trinajstić information content (AvgIpc) is 2.98. The second-order valence-corrected chi connectivity index (χ2v) is 10.1. The first kappa shape index (κ1) is 24.2. The van der Waals surface area contributed by atoms with Gasteiger partial charge in [0.25, 0.3) is 0 Å². The van der Waals surface area contributed by atoms with E-state index in [1.165, 1.54) is 22.3 Å². The summed E-state index contributed by atoms with van der Waals surface area (Å²) >= 11 is 0. The van der Waals surface area contributed by atoms with Crippen molar-refractivity contribution in [1.29, 1.82) is 0 Å². The third-order valence-electron chi connectivity index (χ3n) is 7.66. The molecular formula is C34H30O4. The molecule has 0 saturated heterocycles. The van der Waals surface area contributed by atoms with Gasteiger partial charge in [0.05, 0.1) is 11.1 Å². The van der Waals surface area contributed by atoms with Gasteiger partial charge in [-0.2, -0.15) is 0 Å². The molecule has 0 unspecified atom stereocenters. The molecule has 0 heterocycles. The molecule has 6 rings (SSSR count). The Balaban J connectivity index is 1.52. The number of hydrogen-bond acceptors (Lipinski definition) is 4. The quantitative estimate of drug-likeness (QED) is 0.209. The van der Waals surface area contributed by atoms with Gasteiger partial charge in [-0.15, -0.1) is 0 Å². The van der Waals surface area contributed by atoms with Crippen LogP contribution < -0.4 is 9.47 Å². The highest BCUT2D eigenvalue weighted by Crippen LogP contribution is 2.47. The minimum absolute atomic E-state index is 0.393. The largest absolute Gasteiger partial charge is 0.422 e. The van der Waals surface area contributed by atoms with Gasteiger partial charge in [-0.05, 0) is 110 Å². The standard InChI is InChI=1S/C34H30O4/c35-33(25-13-3-1-4-14-25)37-29-21-19-23-11-7-9-17-27(23)31(29)32-28-18-10-8-12-24(28)20-22-30(32)38-34(36)26-15-5-2-6-16-26/h1-6,13-16,19-22H,7-12,17-18H2. The Morgan fingerprint density at radius 1 is 0.474 bits per heavy atom. The molecule has 0 atom stereocenters. The molecule has 0 N–H and O–H groups in total. The number of benzene rings is 4. The van der Waals surface area contributed by atoms with Gasteiger partial charge in [0.1, 0.15) is 11.5 Å². The third-order valence-corrected chi connectivity index (χ3v) is 7.66. The maximum Gasteiger partial charge on any atom is 0.343 e. The van der Waals surface area contributed by atoms with Crippen molar-refractivity contribution in [2.24, 2.45) is 0 Å². The van der Waals surface area contributed by atoms with Crippen LogP contribution in [0.2, 0.25) is 0 Å². The molecule has 0 saturated carbocycles. The van der Waals surface area contributed by atoms with Gasteiger partial charge in [0.2, 0.25) is 0 Å². The second kappa shape index (κ2) is 10.7. The molecule has 2 aliphatic carbocycles. The Kier molecular flexibility index (Phi) is 6.78. The molecule has 0 radical (unpaired) electrons. The van der Waals surface area contributed by atoms with Gasteiger partial charge in [-0.3, -0.25) is 0 Å². The van der Waals surface area contributed by atoms with E-state index < -0.39 is 11.9 Å². The Morgan fingerprint density at radius 2 is 0.868 bits per heavy atom. The first-order valence-electron chi connectivity index (χ1n) is 13.5. The number of esters is 2. The number of rotatable bonds is 5. The fourth-order valence-corrected chi connectivity index (χ4v) is 5.80. The van der Waals surface area contributed by atoms with Gasteiger partial charge in [-0.25, -0.2) is 9.59 Å². The van der Waals surface area contributed by atoms with Gasteiger partial charge < -0.3 is 9.47 Å². The summed E-state index contributed by atoms with van der Waals surface area (Å²) in [7, 11) is 0. The molecule has 0 bridgehead atoms. The molecule has 0 fully saturated rings. The lowest BCUT2D eigenvalue weighted by molar-refractivity contribution is 0.0723. The number of hydrogen-bond donors (Lipinski definition) is 0. The van der Waals surface area contributed by atoms with Crippen molar-refractivity contribution >= 4 is 11.9 Å². The van der Waals surface area contributed by atoms with Crippen molar-refractivity contribution in [3.8, 4) is 22.6 Å². The minimum atomic E-state index is -0.393. The topological polar surface area (TPSA) is 52.6 Å². The van der Waals surface area contributed by atoms with Crippen molar-refractivity contribution in [1.82, 2.24) is 0 Å². The highest BCUT2D eigenvalue weighted by molar-refractivity contribution is 5.95. The Bertz CT molecular complexity index is 1370. The monoisotopic (exact) mass is 502 g/mol. The summed E-state index contributed by atoms with van der Waals surface area (Å²) in [6, 6.07) is 26.2. The smallest absolute Gasteiger partial charge is 0.343 e. The van der Waals surface area contributed by atoms with E-state index in [1.807, 2.05) is 48.5 Å². The maximum atomic E-state index is 13.2. The maximum absolute atomic E-state index is 13.2. The minimum Gasteiger partial charge on any atom is -0.422 e. The summed E-state index contributed by atoms with van der Waals surface area (Å²) in [4.78, 5) is 26.4. The zero-order chi connectivity index (χ0) is 25.9. The van der Waals surface area contributed by atoms with Crippen LogP contribution in [0, 0.1) is 0 Å². The van der Waals surface area contributed by atoms with Gasteiger partial charge in [-0.1, -0.05) is 48.5 Å². The van der Waals surface area contributed by atoms with E-state index in [-0.39, 0.29) is 0 Å². The molecule has 0 spiro atoms. The van der Waals surface area contributed by atoms with E-state index in [4.69, 9.17) is 9.47 Å². The number of carbonyl (C=O) groups is 2. The number of carbonyl (C=O) groups excluding carboxylic acids is 2. The lowest BCUT2D eigenvalue weighted by atomic mass is 9.80. The van der Waals surface area contributed by atoms with E-state index in [9.17, 15) is 9.59 Å². The lowest BCUT2D eigenvalue weighted by Crippen LogP contribution is -2.15. The number of ether oxygens (including phenoxy) is 2. The zero-order valence-electron chi connectivity index (χ0n) is 21.4. The number of fused-ring (bicyclic) bond motifs is 2. The van der Waals surface area contributed by atoms with Crippen LogP contribution in [0.15, 0.2) is 84.9 Å². The zero-order valence-corrected chi connectivity index (χ0v) is 21.4. The average molecular weight is 503 g/mol. The molecule has 4 nitrogen and oxygen atoms in total. The SMILES string of the molecule is O=C(Oc1ccc2c(c1-c1c(OC(=O)c3ccccc3)ccc3c1CCCC3)CCCC2)c1ccccc1. The van der Waals surface area contributed by atoms with Gasteiger partial charge >= 0.3 is 11.9 Å². The summed E-state index contributed by atoms with van der Waals surface area (Å²) in [6.07, 6.45) is 8.20. The Morgan fingerprint density at radius 3 is 1.29 bits per heavy atom. The van der Waals surface area contributed by atoms with Crippen LogP contribution in [-0.2, 0) is 25.7 Å². The molecule has 2 aliphatic rings. The highest BCUT2D eigenvalue weighted by Gasteiger charge is 2.28. The number of aryl methyl sites for hydroxylation is 2. The third kappa shape index (κ3) is 4.74. The van der Waals surface area contributed by atoms with Crippen LogP contribution in [0.5, 0.6) is 11.5 Å². The predicted molar refractivity (Wildman–Crippen MR) is 148 cm³/mol. The van der Waals surface area contributed by atoms with E-state index in [2.05, 4.69) is 12.1 Å². The van der Waals surface area contributed by atoms with Crippen LogP contribution in [-0.4, -0.2) is 11.9 Å². The summed E-state index contributed by atoms with van der Waals surface area (Å²) in [5, 5.41) is 0. The van der Waals surface area contributed by atoms with E-state index >= 15 is 0 Å². The van der Waals surface area contributed by atoms with E-state index in [0.717, 1.165) is 62.5 Å². The molecule has 0 aliphatic heterocycles. The second-order valence-electron chi connectivity index (χ2n) is 10.1. The lowest BCUT2D eigenvalue weighted by Gasteiger charge is -2.27. The molecule has 0 amide bonds. The van der Waals surface area contributed by atoms with Crippen LogP contribution in [0.1, 0.15) is 68.7 Å². The predicted octanol–water partition coefficient (Wildman–Crippen LogP) is 7.55. The van der Waals surface area contributed by atoms with Crippen LogP contribution in [0.3, 0.4) is 0 Å². The van der Waals surface area contributed by atoms with Crippen LogP contribution in [0.25, 0.3) is 11.1 Å². The molecule has 4 aromatic carbocycles. The van der Waals surface area contributed by atoms with Crippen molar-refractivity contribution < 1.29 is 19.1 Å².